The van der Waals surface area contributed by atoms with Crippen molar-refractivity contribution in [2.24, 2.45) is 0 Å². The van der Waals surface area contributed by atoms with E-state index in [0.29, 0.717) is 0 Å². The van der Waals surface area contributed by atoms with Crippen LogP contribution in [0.1, 0.15) is 95.5 Å². The third-order valence-corrected chi connectivity index (χ3v) is 6.00. The van der Waals surface area contributed by atoms with Gasteiger partial charge in [-0.05, 0) is 12.8 Å². The van der Waals surface area contributed by atoms with E-state index in [9.17, 15) is 0 Å². The normalized spacial score (nSPS) is 11.8. The molecule has 0 unspecified atom stereocenters. The molecule has 1 rings (SSSR count). The minimum atomic E-state index is 1.11. The van der Waals surface area contributed by atoms with Gasteiger partial charge in [-0.1, -0.05) is 113 Å². The van der Waals surface area contributed by atoms with Gasteiger partial charge < -0.3 is 4.48 Å². The number of hydrogen-bond donors (Lipinski definition) is 0. The Labute approximate surface area is 174 Å². The zero-order chi connectivity index (χ0) is 19.6. The van der Waals surface area contributed by atoms with Gasteiger partial charge in [0.05, 0.1) is 20.6 Å². The van der Waals surface area contributed by atoms with E-state index in [1.807, 2.05) is 0 Å². The highest BCUT2D eigenvalue weighted by molar-refractivity contribution is 6.08. The Kier molecular flexibility index (Phi) is 14.8. The number of unbranched alkanes of at least 4 members (excludes halogenated alkanes) is 13. The molecule has 0 N–H and O–H groups in total. The van der Waals surface area contributed by atoms with Crippen molar-refractivity contribution in [2.45, 2.75) is 102 Å². The predicted molar refractivity (Wildman–Crippen MR) is 122 cm³/mol. The lowest BCUT2D eigenvalue weighted by Crippen LogP contribution is -2.39. The molecule has 1 aromatic carbocycles. The predicted octanol–water partition coefficient (Wildman–Crippen LogP) is 7.31. The number of hydrogen-bond acceptors (Lipinski definition) is 0. The first kappa shape index (κ1) is 24.4. The summed E-state index contributed by atoms with van der Waals surface area (Å²) in [6, 6.07) is 12.1. The molecule has 0 saturated carbocycles. The van der Waals surface area contributed by atoms with Crippen LogP contribution in [0.15, 0.2) is 30.3 Å². The van der Waals surface area contributed by atoms with E-state index in [1.54, 1.807) is 0 Å². The van der Waals surface area contributed by atoms with Crippen LogP contribution in [-0.4, -0.2) is 35.4 Å². The maximum absolute atomic E-state index is 3.55. The van der Waals surface area contributed by atoms with Gasteiger partial charge in [0, 0.05) is 15.8 Å². The number of nitrogens with zero attached hydrogens (tertiary/aromatic N) is 1. The number of rotatable bonds is 18. The molecule has 0 atom stereocenters. The molecule has 0 aliphatic carbocycles. The molecule has 0 heterocycles. The maximum atomic E-state index is 3.55. The summed E-state index contributed by atoms with van der Waals surface area (Å²) in [5, 5.41) is 0. The second-order valence-electron chi connectivity index (χ2n) is 9.00. The average Bonchev–Trinajstić information content (AvgIpc) is 2.65. The van der Waals surface area contributed by atoms with Crippen LogP contribution in [0.5, 0.6) is 0 Å². The second-order valence-corrected chi connectivity index (χ2v) is 9.50. The average molecular weight is 388 g/mol. The van der Waals surface area contributed by atoms with Crippen molar-refractivity contribution in [1.82, 2.24) is 0 Å². The summed E-state index contributed by atoms with van der Waals surface area (Å²) in [7, 11) is 8.29. The van der Waals surface area contributed by atoms with Gasteiger partial charge in [0.15, 0.2) is 0 Å². The van der Waals surface area contributed by atoms with E-state index >= 15 is 0 Å². The first-order chi connectivity index (χ1) is 13.1. The van der Waals surface area contributed by atoms with E-state index in [-0.39, 0.29) is 0 Å². The van der Waals surface area contributed by atoms with Gasteiger partial charge in [-0.15, -0.1) is 0 Å². The fourth-order valence-electron chi connectivity index (χ4n) is 3.94. The molecule has 3 radical (unpaired) electrons. The molecule has 1 nitrogen and oxygen atoms in total. The first-order valence-electron chi connectivity index (χ1n) is 11.6. The summed E-state index contributed by atoms with van der Waals surface area (Å²) >= 11 is 0. The molecule has 0 amide bonds. The zero-order valence-corrected chi connectivity index (χ0v) is 19.4. The number of quaternary nitrogens is 1. The zero-order valence-electron chi connectivity index (χ0n) is 18.4. The van der Waals surface area contributed by atoms with Crippen LogP contribution in [0.2, 0.25) is 6.04 Å². The van der Waals surface area contributed by atoms with Crippen LogP contribution in [0, 0.1) is 0 Å². The van der Waals surface area contributed by atoms with E-state index in [0.717, 1.165) is 11.0 Å². The fraction of sp³-hybridized carbons (Fsp3) is 0.760. The van der Waals surface area contributed by atoms with Crippen molar-refractivity contribution in [1.29, 1.82) is 0 Å². The van der Waals surface area contributed by atoms with Crippen molar-refractivity contribution in [3.05, 3.63) is 35.9 Å². The maximum Gasteiger partial charge on any atom is 0.104 e. The highest BCUT2D eigenvalue weighted by Gasteiger charge is 2.14. The third kappa shape index (κ3) is 15.0. The van der Waals surface area contributed by atoms with Gasteiger partial charge in [-0.3, -0.25) is 0 Å². The van der Waals surface area contributed by atoms with Crippen LogP contribution >= 0.6 is 0 Å². The molecule has 153 valence electrons. The minimum Gasteiger partial charge on any atom is -0.325 e. The Morgan fingerprint density at radius 2 is 1.00 bits per heavy atom. The first-order valence-corrected chi connectivity index (χ1v) is 12.4. The lowest BCUT2D eigenvalue weighted by Gasteiger charge is -2.30. The fourth-order valence-corrected chi connectivity index (χ4v) is 4.19. The van der Waals surface area contributed by atoms with Crippen molar-refractivity contribution in [2.75, 3.05) is 20.6 Å². The Morgan fingerprint density at radius 3 is 1.44 bits per heavy atom. The van der Waals surface area contributed by atoms with E-state index in [1.165, 1.54) is 108 Å². The minimum absolute atomic E-state index is 1.11. The van der Waals surface area contributed by atoms with E-state index < -0.39 is 0 Å². The van der Waals surface area contributed by atoms with Crippen LogP contribution in [0.3, 0.4) is 0 Å². The van der Waals surface area contributed by atoms with Crippen LogP contribution < -0.4 is 0 Å². The van der Waals surface area contributed by atoms with Crippen molar-refractivity contribution in [3.8, 4) is 0 Å². The molecule has 0 aliphatic heterocycles. The van der Waals surface area contributed by atoms with Crippen molar-refractivity contribution in [3.63, 3.8) is 0 Å². The van der Waals surface area contributed by atoms with E-state index in [4.69, 9.17) is 0 Å². The van der Waals surface area contributed by atoms with Gasteiger partial charge in [0.1, 0.15) is 6.54 Å². The summed E-state index contributed by atoms with van der Waals surface area (Å²) in [5.74, 6) is 0. The second kappa shape index (κ2) is 16.4. The topological polar surface area (TPSA) is 0 Å². The largest absolute Gasteiger partial charge is 0.325 e. The quantitative estimate of drug-likeness (QED) is 0.141. The molecule has 0 saturated heterocycles. The summed E-state index contributed by atoms with van der Waals surface area (Å²) in [4.78, 5) is 0. The summed E-state index contributed by atoms with van der Waals surface area (Å²) in [6.45, 7) is 2.45. The highest BCUT2D eigenvalue weighted by Crippen LogP contribution is 2.15. The summed E-state index contributed by atoms with van der Waals surface area (Å²) < 4.78 is 1.11. The molecule has 0 spiro atoms. The smallest absolute Gasteiger partial charge is 0.104 e. The van der Waals surface area contributed by atoms with Crippen LogP contribution in [0.25, 0.3) is 0 Å². The molecule has 0 aliphatic rings. The Balaban J connectivity index is 1.85. The molecule has 1 aromatic rings. The van der Waals surface area contributed by atoms with Gasteiger partial charge in [-0.25, -0.2) is 0 Å². The van der Waals surface area contributed by atoms with Gasteiger partial charge in [-0.2, -0.15) is 0 Å². The summed E-state index contributed by atoms with van der Waals surface area (Å²) in [5.41, 5.74) is 1.46. The lowest BCUT2D eigenvalue weighted by atomic mass is 10.0. The SMILES string of the molecule is C[N+](C)(CCCCCCCCCCCCCCCC[Si])Cc1ccccc1. The molecule has 0 fully saturated rings. The lowest BCUT2D eigenvalue weighted by molar-refractivity contribution is -0.903. The van der Waals surface area contributed by atoms with Crippen LogP contribution in [0.4, 0.5) is 0 Å². The Bertz CT molecular complexity index is 429. The van der Waals surface area contributed by atoms with Crippen molar-refractivity contribution >= 4 is 10.2 Å². The summed E-state index contributed by atoms with van der Waals surface area (Å²) in [6.07, 6.45) is 20.0. The molecule has 2 heteroatoms. The standard InChI is InChI=1S/C25H45NSi/c1-26(2,24-25-20-16-15-17-21-25)22-18-13-11-9-7-5-3-4-6-8-10-12-14-19-23-27/h15-17,20-21H,3-14,18-19,22-24H2,1-2H3/q+1. The molecule has 0 aromatic heterocycles. The van der Waals surface area contributed by atoms with Crippen LogP contribution in [-0.2, 0) is 6.54 Å². The molecule has 27 heavy (non-hydrogen) atoms. The van der Waals surface area contributed by atoms with Crippen molar-refractivity contribution < 1.29 is 4.48 Å². The third-order valence-electron chi connectivity index (χ3n) is 5.64. The Morgan fingerprint density at radius 1 is 0.593 bits per heavy atom. The highest BCUT2D eigenvalue weighted by atomic mass is 28.1. The monoisotopic (exact) mass is 387 g/mol. The van der Waals surface area contributed by atoms with Gasteiger partial charge in [0.2, 0.25) is 0 Å². The molecular formula is C25H45NSi+. The Hall–Kier alpha value is -0.603. The number of benzene rings is 1. The van der Waals surface area contributed by atoms with Gasteiger partial charge >= 0.3 is 0 Å². The molecular weight excluding hydrogens is 342 g/mol. The molecule has 0 bridgehead atoms. The van der Waals surface area contributed by atoms with E-state index in [2.05, 4.69) is 54.7 Å². The van der Waals surface area contributed by atoms with Gasteiger partial charge in [0.25, 0.3) is 0 Å².